The second-order valence-corrected chi connectivity index (χ2v) is 10.8. The van der Waals surface area contributed by atoms with Gasteiger partial charge in [0, 0.05) is 5.02 Å². The number of alkyl halides is 3. The van der Waals surface area contributed by atoms with Crippen LogP contribution in [0.2, 0.25) is 5.02 Å². The quantitative estimate of drug-likeness (QED) is 0.0978. The molecule has 0 amide bonds. The molecule has 0 unspecified atom stereocenters. The van der Waals surface area contributed by atoms with Crippen LogP contribution in [0.15, 0.2) is 28.9 Å². The summed E-state index contributed by atoms with van der Waals surface area (Å²) < 4.78 is 107. The summed E-state index contributed by atoms with van der Waals surface area (Å²) in [7, 11) is 0. The van der Waals surface area contributed by atoms with E-state index < -0.39 is 93.9 Å². The number of aliphatic hydroxyl groups is 3. The van der Waals surface area contributed by atoms with Gasteiger partial charge in [0.05, 0.1) is 28.5 Å². The molecular formula is C23H15BrClF7N6O5S. The molecule has 0 saturated carbocycles. The molecule has 1 fully saturated rings. The number of hydrogen-bond acceptors (Lipinski definition) is 9. The van der Waals surface area contributed by atoms with Crippen molar-refractivity contribution in [3.05, 3.63) is 67.8 Å². The summed E-state index contributed by atoms with van der Waals surface area (Å²) in [6.07, 6.45) is -11.4. The number of benzene rings is 2. The lowest BCUT2D eigenvalue weighted by Crippen LogP contribution is -2.53. The van der Waals surface area contributed by atoms with Crippen LogP contribution in [0.25, 0.3) is 16.9 Å². The van der Waals surface area contributed by atoms with E-state index in [4.69, 9.17) is 28.6 Å². The van der Waals surface area contributed by atoms with E-state index in [-0.39, 0.29) is 15.6 Å². The first kappa shape index (κ1) is 32.3. The Labute approximate surface area is 258 Å². The number of rotatable bonds is 6. The smallest absolute Gasteiger partial charge is 0.404 e. The molecule has 0 bridgehead atoms. The van der Waals surface area contributed by atoms with Crippen molar-refractivity contribution in [3.8, 4) is 22.7 Å². The monoisotopic (exact) mass is 734 g/mol. The van der Waals surface area contributed by atoms with Gasteiger partial charge in [-0.05, 0) is 46.3 Å². The number of H-pyrrole nitrogens is 1. The molecule has 4 aromatic rings. The fourth-order valence-electron chi connectivity index (χ4n) is 4.60. The summed E-state index contributed by atoms with van der Waals surface area (Å²) >= 11 is 13.6. The molecule has 2 aromatic heterocycles. The highest BCUT2D eigenvalue weighted by atomic mass is 79.9. The Hall–Kier alpha value is -3.14. The minimum Gasteiger partial charge on any atom is -0.404 e. The maximum atomic E-state index is 14.6. The van der Waals surface area contributed by atoms with Gasteiger partial charge < -0.3 is 24.8 Å². The average molecular weight is 736 g/mol. The Kier molecular flexibility index (Phi) is 8.79. The lowest BCUT2D eigenvalue weighted by Gasteiger charge is -2.41. The van der Waals surface area contributed by atoms with Crippen molar-refractivity contribution in [3.63, 3.8) is 0 Å². The number of hydrogen-bond donors (Lipinski definition) is 4. The van der Waals surface area contributed by atoms with Crippen LogP contribution in [-0.4, -0.2) is 76.4 Å². The molecule has 4 N–H and O–H groups in total. The van der Waals surface area contributed by atoms with Crippen LogP contribution >= 0.6 is 39.7 Å². The van der Waals surface area contributed by atoms with Crippen molar-refractivity contribution >= 4 is 39.7 Å². The first-order valence-corrected chi connectivity index (χ1v) is 13.5. The maximum absolute atomic E-state index is 14.6. The molecule has 5 atom stereocenters. The zero-order valence-corrected chi connectivity index (χ0v) is 24.3. The largest absolute Gasteiger partial charge is 0.573 e. The molecule has 1 saturated heterocycles. The Morgan fingerprint density at radius 2 is 1.75 bits per heavy atom. The molecule has 44 heavy (non-hydrogen) atoms. The number of ether oxygens (including phenoxy) is 2. The van der Waals surface area contributed by atoms with Gasteiger partial charge in [0.25, 0.3) is 0 Å². The second-order valence-electron chi connectivity index (χ2n) is 9.16. The number of aromatic nitrogens is 6. The van der Waals surface area contributed by atoms with Gasteiger partial charge in [0.2, 0.25) is 0 Å². The number of halogens is 9. The third-order valence-electron chi connectivity index (χ3n) is 6.51. The van der Waals surface area contributed by atoms with Crippen LogP contribution in [0.4, 0.5) is 30.7 Å². The summed E-state index contributed by atoms with van der Waals surface area (Å²) in [5.41, 5.74) is -2.39. The van der Waals surface area contributed by atoms with Gasteiger partial charge in [-0.2, -0.15) is 5.10 Å². The first-order valence-electron chi connectivity index (χ1n) is 11.9. The van der Waals surface area contributed by atoms with E-state index in [2.05, 4.69) is 41.2 Å². The van der Waals surface area contributed by atoms with E-state index in [1.807, 2.05) is 0 Å². The van der Waals surface area contributed by atoms with Crippen LogP contribution in [0.3, 0.4) is 0 Å². The summed E-state index contributed by atoms with van der Waals surface area (Å²) in [6.45, 7) is -0.889. The van der Waals surface area contributed by atoms with E-state index in [0.29, 0.717) is 4.68 Å². The maximum Gasteiger partial charge on any atom is 0.573 e. The lowest BCUT2D eigenvalue weighted by atomic mass is 9.92. The van der Waals surface area contributed by atoms with Crippen molar-refractivity contribution in [1.82, 2.24) is 29.8 Å². The van der Waals surface area contributed by atoms with Crippen molar-refractivity contribution in [2.45, 2.75) is 36.8 Å². The van der Waals surface area contributed by atoms with Crippen molar-refractivity contribution in [1.29, 1.82) is 0 Å². The molecular weight excluding hydrogens is 721 g/mol. The van der Waals surface area contributed by atoms with Crippen LogP contribution in [-0.2, 0) is 4.74 Å². The van der Waals surface area contributed by atoms with Gasteiger partial charge in [-0.3, -0.25) is 9.67 Å². The van der Waals surface area contributed by atoms with E-state index in [1.165, 1.54) is 0 Å². The van der Waals surface area contributed by atoms with Crippen molar-refractivity contribution < 1.29 is 55.5 Å². The molecule has 5 rings (SSSR count). The lowest BCUT2D eigenvalue weighted by molar-refractivity contribution is -0.274. The number of nitrogens with one attached hydrogen (secondary N) is 1. The van der Waals surface area contributed by atoms with Crippen molar-refractivity contribution in [2.75, 3.05) is 6.61 Å². The van der Waals surface area contributed by atoms with Gasteiger partial charge in [0.15, 0.2) is 39.6 Å². The summed E-state index contributed by atoms with van der Waals surface area (Å²) in [5, 5.41) is 45.5. The van der Waals surface area contributed by atoms with E-state index in [9.17, 15) is 46.1 Å². The third kappa shape index (κ3) is 5.70. The predicted molar refractivity (Wildman–Crippen MR) is 139 cm³/mol. The molecule has 1 aliphatic rings. The Balaban J connectivity index is 1.60. The minimum atomic E-state index is -5.14. The zero-order chi connectivity index (χ0) is 32.2. The molecule has 0 spiro atoms. The topological polar surface area (TPSA) is 143 Å². The van der Waals surface area contributed by atoms with E-state index in [1.54, 1.807) is 0 Å². The van der Waals surface area contributed by atoms with Crippen LogP contribution in [0.1, 0.15) is 18.0 Å². The Morgan fingerprint density at radius 1 is 1.09 bits per heavy atom. The standard InChI is InChI=1S/C23H15BrClF7N6O5S/c24-12-15(28)13(26)11(14(27)16(12)29)7-4-37(36-33-7)17-18(40)10(5-39)42-20(19(17)41)21-34-35-22(44)38(21)8-3-6(25)1-2-9(8)43-23(30,31)32/h1-4,10,17-20,39-41H,5H2,(H,35,44)/t10-,17+,18+,19-,20-/m1/s1. The molecule has 11 nitrogen and oxygen atoms in total. The number of aliphatic hydroxyl groups excluding tert-OH is 3. The fourth-order valence-corrected chi connectivity index (χ4v) is 5.36. The number of nitrogens with zero attached hydrogens (tertiary/aromatic N) is 5. The Bertz CT molecular complexity index is 1760. The van der Waals surface area contributed by atoms with Gasteiger partial charge in [-0.1, -0.05) is 16.8 Å². The highest BCUT2D eigenvalue weighted by Gasteiger charge is 2.48. The molecule has 0 aliphatic carbocycles. The molecule has 0 radical (unpaired) electrons. The van der Waals surface area contributed by atoms with E-state index >= 15 is 0 Å². The van der Waals surface area contributed by atoms with Crippen LogP contribution < -0.4 is 4.74 Å². The van der Waals surface area contributed by atoms with Crippen molar-refractivity contribution in [2.24, 2.45) is 0 Å². The average Bonchev–Trinajstić information content (AvgIpc) is 3.58. The fraction of sp³-hybridized carbons (Fsp3) is 0.304. The van der Waals surface area contributed by atoms with Gasteiger partial charge in [0.1, 0.15) is 36.2 Å². The highest BCUT2D eigenvalue weighted by Crippen LogP contribution is 2.41. The van der Waals surface area contributed by atoms with Crippen LogP contribution in [0, 0.1) is 28.0 Å². The third-order valence-corrected chi connectivity index (χ3v) is 7.72. The molecule has 2 aromatic carbocycles. The Morgan fingerprint density at radius 3 is 2.36 bits per heavy atom. The summed E-state index contributed by atoms with van der Waals surface area (Å²) in [4.78, 5) is 0. The van der Waals surface area contributed by atoms with Crippen LogP contribution in [0.5, 0.6) is 5.75 Å². The highest BCUT2D eigenvalue weighted by molar-refractivity contribution is 9.10. The van der Waals surface area contributed by atoms with E-state index in [0.717, 1.165) is 29.0 Å². The normalized spacial score (nSPS) is 22.4. The molecule has 21 heteroatoms. The van der Waals surface area contributed by atoms with Gasteiger partial charge in [-0.25, -0.2) is 22.2 Å². The second kappa shape index (κ2) is 12.0. The summed E-state index contributed by atoms with van der Waals surface area (Å²) in [5.74, 6) is -8.34. The summed E-state index contributed by atoms with van der Waals surface area (Å²) in [6, 6.07) is 1.39. The molecule has 236 valence electrons. The number of aromatic amines is 1. The first-order chi connectivity index (χ1) is 20.6. The molecule has 3 heterocycles. The minimum absolute atomic E-state index is 0.0503. The SMILES string of the molecule is OC[C@H]1O[C@@H](c2n[nH]c(=S)n2-c2cc(Cl)ccc2OC(F)(F)F)[C@H](O)[C@@H](n2cc(-c3c(F)c(F)c(Br)c(F)c3F)nn2)[C@H]1O. The predicted octanol–water partition coefficient (Wildman–Crippen LogP) is 4.45. The zero-order valence-electron chi connectivity index (χ0n) is 21.1. The molecule has 1 aliphatic heterocycles. The van der Waals surface area contributed by atoms with Gasteiger partial charge >= 0.3 is 6.36 Å². The van der Waals surface area contributed by atoms with Gasteiger partial charge in [-0.15, -0.1) is 18.3 Å².